The molecule has 6 heteroatoms. The van der Waals surface area contributed by atoms with Gasteiger partial charge in [-0.25, -0.2) is 0 Å². The molecule has 0 radical (unpaired) electrons. The number of benzene rings is 1. The zero-order chi connectivity index (χ0) is 18.1. The standard InChI is InChI=1S/C19H25NO5/c1-23-17-8-4-3-6-15(17)9-10-18(21)20(12-11-19(22)24-2)14-16-7-5-13-25-16/h3-4,6,8-10,16H,5,7,11-14H2,1-2H3/b10-9-/t16-/m0/s1. The van der Waals surface area contributed by atoms with Crippen LogP contribution >= 0.6 is 0 Å². The first kappa shape index (κ1) is 19.0. The van der Waals surface area contributed by atoms with Crippen LogP contribution in [0.3, 0.4) is 0 Å². The van der Waals surface area contributed by atoms with Gasteiger partial charge in [0, 0.05) is 31.3 Å². The van der Waals surface area contributed by atoms with Crippen molar-refractivity contribution in [2.24, 2.45) is 0 Å². The van der Waals surface area contributed by atoms with Crippen LogP contribution in [0.25, 0.3) is 6.08 Å². The Balaban J connectivity index is 2.04. The number of methoxy groups -OCH3 is 2. The van der Waals surface area contributed by atoms with Gasteiger partial charge in [-0.1, -0.05) is 18.2 Å². The minimum Gasteiger partial charge on any atom is -0.496 e. The predicted octanol–water partition coefficient (Wildman–Crippen LogP) is 2.28. The molecule has 1 atom stereocenters. The average molecular weight is 347 g/mol. The predicted molar refractivity (Wildman–Crippen MR) is 94.2 cm³/mol. The third-order valence-corrected chi connectivity index (χ3v) is 4.12. The van der Waals surface area contributed by atoms with Gasteiger partial charge in [-0.05, 0) is 25.0 Å². The number of hydrogen-bond acceptors (Lipinski definition) is 5. The molecule has 0 saturated carbocycles. The summed E-state index contributed by atoms with van der Waals surface area (Å²) < 4.78 is 15.6. The van der Waals surface area contributed by atoms with Crippen LogP contribution in [0.1, 0.15) is 24.8 Å². The van der Waals surface area contributed by atoms with Crippen LogP contribution in [0.2, 0.25) is 0 Å². The van der Waals surface area contributed by atoms with Crippen LogP contribution in [-0.4, -0.2) is 56.8 Å². The molecule has 1 aromatic carbocycles. The Hall–Kier alpha value is -2.34. The molecule has 0 N–H and O–H groups in total. The number of ether oxygens (including phenoxy) is 3. The molecule has 0 aromatic heterocycles. The van der Waals surface area contributed by atoms with Crippen molar-refractivity contribution in [1.82, 2.24) is 4.90 Å². The first-order valence-electron chi connectivity index (χ1n) is 8.42. The summed E-state index contributed by atoms with van der Waals surface area (Å²) in [6.45, 7) is 1.51. The Kier molecular flexibility index (Phi) is 7.47. The number of amides is 1. The molecule has 1 amide bonds. The van der Waals surface area contributed by atoms with Gasteiger partial charge in [0.15, 0.2) is 0 Å². The lowest BCUT2D eigenvalue weighted by Gasteiger charge is -2.24. The minimum atomic E-state index is -0.334. The molecule has 25 heavy (non-hydrogen) atoms. The maximum absolute atomic E-state index is 12.6. The Bertz CT molecular complexity index is 608. The molecular formula is C19H25NO5. The fraction of sp³-hybridized carbons (Fsp3) is 0.474. The van der Waals surface area contributed by atoms with E-state index in [1.807, 2.05) is 24.3 Å². The van der Waals surface area contributed by atoms with Gasteiger partial charge in [-0.3, -0.25) is 9.59 Å². The van der Waals surface area contributed by atoms with E-state index in [0.29, 0.717) is 18.8 Å². The molecule has 6 nitrogen and oxygen atoms in total. The van der Waals surface area contributed by atoms with E-state index in [0.717, 1.165) is 25.0 Å². The molecular weight excluding hydrogens is 322 g/mol. The molecule has 1 aliphatic rings. The third-order valence-electron chi connectivity index (χ3n) is 4.12. The van der Waals surface area contributed by atoms with Gasteiger partial charge in [-0.2, -0.15) is 0 Å². The number of carbonyl (C=O) groups is 2. The van der Waals surface area contributed by atoms with Crippen LogP contribution in [0.4, 0.5) is 0 Å². The van der Waals surface area contributed by atoms with E-state index in [4.69, 9.17) is 9.47 Å². The van der Waals surface area contributed by atoms with E-state index in [-0.39, 0.29) is 24.4 Å². The molecule has 136 valence electrons. The van der Waals surface area contributed by atoms with E-state index >= 15 is 0 Å². The summed E-state index contributed by atoms with van der Waals surface area (Å²) >= 11 is 0. The summed E-state index contributed by atoms with van der Waals surface area (Å²) in [6, 6.07) is 7.47. The third kappa shape index (κ3) is 5.90. The highest BCUT2D eigenvalue weighted by Gasteiger charge is 2.22. The van der Waals surface area contributed by atoms with Gasteiger partial charge in [0.2, 0.25) is 5.91 Å². The second kappa shape index (κ2) is 9.84. The Morgan fingerprint density at radius 1 is 1.32 bits per heavy atom. The van der Waals surface area contributed by atoms with Gasteiger partial charge in [0.05, 0.1) is 26.7 Å². The second-order valence-electron chi connectivity index (χ2n) is 5.82. The van der Waals surface area contributed by atoms with Crippen molar-refractivity contribution < 1.29 is 23.8 Å². The highest BCUT2D eigenvalue weighted by Crippen LogP contribution is 2.19. The van der Waals surface area contributed by atoms with Gasteiger partial charge >= 0.3 is 5.97 Å². The zero-order valence-electron chi connectivity index (χ0n) is 14.8. The van der Waals surface area contributed by atoms with E-state index in [2.05, 4.69) is 4.74 Å². The maximum Gasteiger partial charge on any atom is 0.307 e. The normalized spacial score (nSPS) is 16.8. The Morgan fingerprint density at radius 2 is 2.12 bits per heavy atom. The van der Waals surface area contributed by atoms with Crippen LogP contribution < -0.4 is 4.74 Å². The van der Waals surface area contributed by atoms with Crippen molar-refractivity contribution in [3.05, 3.63) is 35.9 Å². The molecule has 0 unspecified atom stereocenters. The van der Waals surface area contributed by atoms with Crippen molar-refractivity contribution in [3.63, 3.8) is 0 Å². The lowest BCUT2D eigenvalue weighted by atomic mass is 10.1. The van der Waals surface area contributed by atoms with E-state index < -0.39 is 0 Å². The molecule has 0 spiro atoms. The molecule has 1 aliphatic heterocycles. The summed E-state index contributed by atoms with van der Waals surface area (Å²) in [4.78, 5) is 25.6. The van der Waals surface area contributed by atoms with Gasteiger partial charge < -0.3 is 19.1 Å². The fourth-order valence-corrected chi connectivity index (χ4v) is 2.72. The lowest BCUT2D eigenvalue weighted by Crippen LogP contribution is -2.37. The monoisotopic (exact) mass is 347 g/mol. The summed E-state index contributed by atoms with van der Waals surface area (Å²) in [5, 5.41) is 0. The molecule has 1 aromatic rings. The average Bonchev–Trinajstić information content (AvgIpc) is 3.16. The van der Waals surface area contributed by atoms with Crippen molar-refractivity contribution >= 4 is 18.0 Å². The summed E-state index contributed by atoms with van der Waals surface area (Å²) in [6.07, 6.45) is 5.35. The van der Waals surface area contributed by atoms with Gasteiger partial charge in [-0.15, -0.1) is 0 Å². The highest BCUT2D eigenvalue weighted by atomic mass is 16.5. The molecule has 1 heterocycles. The largest absolute Gasteiger partial charge is 0.496 e. The van der Waals surface area contributed by atoms with Crippen molar-refractivity contribution in [3.8, 4) is 5.75 Å². The fourth-order valence-electron chi connectivity index (χ4n) is 2.72. The van der Waals surface area contributed by atoms with Crippen molar-refractivity contribution in [2.75, 3.05) is 33.9 Å². The summed E-state index contributed by atoms with van der Waals surface area (Å²) in [7, 11) is 2.94. The number of para-hydroxylation sites is 1. The topological polar surface area (TPSA) is 65.1 Å². The summed E-state index contributed by atoms with van der Waals surface area (Å²) in [5.41, 5.74) is 0.823. The molecule has 2 rings (SSSR count). The second-order valence-corrected chi connectivity index (χ2v) is 5.82. The van der Waals surface area contributed by atoms with E-state index in [1.165, 1.54) is 13.2 Å². The van der Waals surface area contributed by atoms with Crippen molar-refractivity contribution in [1.29, 1.82) is 0 Å². The number of nitrogens with zero attached hydrogens (tertiary/aromatic N) is 1. The number of carbonyl (C=O) groups excluding carboxylic acids is 2. The highest BCUT2D eigenvalue weighted by molar-refractivity contribution is 5.92. The maximum atomic E-state index is 12.6. The Labute approximate surface area is 148 Å². The van der Waals surface area contributed by atoms with Gasteiger partial charge in [0.1, 0.15) is 5.75 Å². The number of esters is 1. The van der Waals surface area contributed by atoms with E-state index in [9.17, 15) is 9.59 Å². The van der Waals surface area contributed by atoms with E-state index in [1.54, 1.807) is 18.1 Å². The SMILES string of the molecule is COC(=O)CCN(C[C@@H]1CCCO1)C(=O)/C=C\c1ccccc1OC. The zero-order valence-corrected chi connectivity index (χ0v) is 14.8. The molecule has 1 fully saturated rings. The molecule has 1 saturated heterocycles. The smallest absolute Gasteiger partial charge is 0.307 e. The van der Waals surface area contributed by atoms with Crippen LogP contribution in [0.5, 0.6) is 5.75 Å². The molecule has 0 aliphatic carbocycles. The minimum absolute atomic E-state index is 0.0289. The Morgan fingerprint density at radius 3 is 2.80 bits per heavy atom. The van der Waals surface area contributed by atoms with Crippen LogP contribution in [0.15, 0.2) is 30.3 Å². The van der Waals surface area contributed by atoms with Crippen LogP contribution in [0, 0.1) is 0 Å². The molecule has 0 bridgehead atoms. The first-order chi connectivity index (χ1) is 12.1. The number of hydrogen-bond donors (Lipinski definition) is 0. The quantitative estimate of drug-likeness (QED) is 0.533. The van der Waals surface area contributed by atoms with Crippen LogP contribution in [-0.2, 0) is 19.1 Å². The number of rotatable bonds is 8. The lowest BCUT2D eigenvalue weighted by molar-refractivity contribution is -0.141. The summed E-state index contributed by atoms with van der Waals surface area (Å²) in [5.74, 6) is 0.205. The first-order valence-corrected chi connectivity index (χ1v) is 8.42. The van der Waals surface area contributed by atoms with Gasteiger partial charge in [0.25, 0.3) is 0 Å². The van der Waals surface area contributed by atoms with Crippen molar-refractivity contribution in [2.45, 2.75) is 25.4 Å².